The topological polar surface area (TPSA) is 86.6 Å². The Morgan fingerprint density at radius 2 is 1.95 bits per heavy atom. The van der Waals surface area contributed by atoms with Gasteiger partial charge in [-0.15, -0.1) is 0 Å². The highest BCUT2D eigenvalue weighted by molar-refractivity contribution is 7.89. The maximum Gasteiger partial charge on any atom is 0.416 e. The van der Waals surface area contributed by atoms with Gasteiger partial charge in [0.15, 0.2) is 0 Å². The molecular formula is C10H12F3NO4S. The largest absolute Gasteiger partial charge is 0.416 e. The minimum Gasteiger partial charge on any atom is -0.394 e. The number of nitrogens with one attached hydrogen (secondary N) is 1. The van der Waals surface area contributed by atoms with Crippen molar-refractivity contribution in [2.75, 3.05) is 13.2 Å². The van der Waals surface area contributed by atoms with Crippen LogP contribution in [0.2, 0.25) is 0 Å². The summed E-state index contributed by atoms with van der Waals surface area (Å²) in [5.41, 5.74) is -1.09. The molecule has 0 amide bonds. The number of hydrogen-bond donors (Lipinski definition) is 3. The van der Waals surface area contributed by atoms with Gasteiger partial charge in [-0.05, 0) is 18.2 Å². The van der Waals surface area contributed by atoms with Crippen LogP contribution >= 0.6 is 0 Å². The highest BCUT2D eigenvalue weighted by Crippen LogP contribution is 2.30. The molecule has 0 aliphatic rings. The summed E-state index contributed by atoms with van der Waals surface area (Å²) in [5.74, 6) is 0. The van der Waals surface area contributed by atoms with Crippen LogP contribution in [0.25, 0.3) is 0 Å². The van der Waals surface area contributed by atoms with Crippen LogP contribution in [0.5, 0.6) is 0 Å². The monoisotopic (exact) mass is 299 g/mol. The molecule has 0 aliphatic heterocycles. The Bertz CT molecular complexity index is 530. The summed E-state index contributed by atoms with van der Waals surface area (Å²) >= 11 is 0. The van der Waals surface area contributed by atoms with E-state index >= 15 is 0 Å². The lowest BCUT2D eigenvalue weighted by molar-refractivity contribution is -0.137. The minimum absolute atomic E-state index is 0.491. The Morgan fingerprint density at radius 3 is 2.47 bits per heavy atom. The van der Waals surface area contributed by atoms with E-state index in [4.69, 9.17) is 10.2 Å². The molecule has 0 aromatic heterocycles. The molecule has 0 bridgehead atoms. The molecule has 0 aliphatic carbocycles. The smallest absolute Gasteiger partial charge is 0.394 e. The first-order valence-corrected chi connectivity index (χ1v) is 6.61. The number of aliphatic hydroxyl groups is 2. The molecule has 0 saturated heterocycles. The quantitative estimate of drug-likeness (QED) is 0.731. The fraction of sp³-hybridized carbons (Fsp3) is 0.400. The fourth-order valence-corrected chi connectivity index (χ4v) is 2.31. The summed E-state index contributed by atoms with van der Waals surface area (Å²) in [6.07, 6.45) is -5.96. The molecule has 1 unspecified atom stereocenters. The van der Waals surface area contributed by atoms with Crippen molar-refractivity contribution in [3.63, 3.8) is 0 Å². The summed E-state index contributed by atoms with van der Waals surface area (Å²) in [6, 6.07) is 3.22. The van der Waals surface area contributed by atoms with Gasteiger partial charge in [-0.1, -0.05) is 6.07 Å². The molecule has 5 nitrogen and oxygen atoms in total. The lowest BCUT2D eigenvalue weighted by Gasteiger charge is -2.11. The molecule has 0 saturated carbocycles. The number of benzene rings is 1. The second-order valence-electron chi connectivity index (χ2n) is 3.71. The van der Waals surface area contributed by atoms with Crippen molar-refractivity contribution in [1.82, 2.24) is 4.72 Å². The fourth-order valence-electron chi connectivity index (χ4n) is 1.19. The number of sulfonamides is 1. The summed E-state index contributed by atoms with van der Waals surface area (Å²) in [7, 11) is -4.17. The molecule has 108 valence electrons. The first-order chi connectivity index (χ1) is 8.66. The average molecular weight is 299 g/mol. The van der Waals surface area contributed by atoms with Gasteiger partial charge < -0.3 is 10.2 Å². The predicted octanol–water partition coefficient (Wildman–Crippen LogP) is 0.337. The van der Waals surface area contributed by atoms with Crippen LogP contribution in [-0.4, -0.2) is 37.9 Å². The molecule has 3 N–H and O–H groups in total. The second-order valence-corrected chi connectivity index (χ2v) is 5.48. The Balaban J connectivity index is 2.96. The molecule has 0 fully saturated rings. The van der Waals surface area contributed by atoms with E-state index < -0.39 is 45.9 Å². The zero-order valence-corrected chi connectivity index (χ0v) is 10.4. The van der Waals surface area contributed by atoms with E-state index in [1.165, 1.54) is 0 Å². The van der Waals surface area contributed by atoms with Crippen molar-refractivity contribution in [1.29, 1.82) is 0 Å². The molecule has 0 spiro atoms. The van der Waals surface area contributed by atoms with E-state index in [0.29, 0.717) is 6.07 Å². The van der Waals surface area contributed by atoms with Gasteiger partial charge in [-0.2, -0.15) is 13.2 Å². The van der Waals surface area contributed by atoms with E-state index in [1.54, 1.807) is 0 Å². The van der Waals surface area contributed by atoms with Crippen LogP contribution in [0.1, 0.15) is 5.56 Å². The van der Waals surface area contributed by atoms with Gasteiger partial charge in [0.25, 0.3) is 0 Å². The zero-order valence-electron chi connectivity index (χ0n) is 9.55. The van der Waals surface area contributed by atoms with Crippen molar-refractivity contribution in [2.24, 2.45) is 0 Å². The Hall–Kier alpha value is -1.16. The molecular weight excluding hydrogens is 287 g/mol. The summed E-state index contributed by atoms with van der Waals surface area (Å²) in [5, 5.41) is 17.5. The van der Waals surface area contributed by atoms with Crippen LogP contribution in [0, 0.1) is 0 Å². The Morgan fingerprint density at radius 1 is 1.32 bits per heavy atom. The molecule has 1 atom stereocenters. The maximum absolute atomic E-state index is 12.4. The van der Waals surface area contributed by atoms with Gasteiger partial charge in [-0.3, -0.25) is 0 Å². The molecule has 0 radical (unpaired) electrons. The molecule has 1 aromatic rings. The summed E-state index contributed by atoms with van der Waals surface area (Å²) in [4.78, 5) is -0.563. The third-order valence-corrected chi connectivity index (χ3v) is 3.61. The Kier molecular flexibility index (Phi) is 4.91. The molecule has 0 heterocycles. The highest BCUT2D eigenvalue weighted by atomic mass is 32.2. The van der Waals surface area contributed by atoms with Crippen molar-refractivity contribution in [2.45, 2.75) is 17.2 Å². The molecule has 9 heteroatoms. The van der Waals surface area contributed by atoms with E-state index in [1.807, 2.05) is 4.72 Å². The minimum atomic E-state index is -4.64. The lowest BCUT2D eigenvalue weighted by atomic mass is 10.2. The molecule has 1 aromatic carbocycles. The van der Waals surface area contributed by atoms with Crippen LogP contribution < -0.4 is 4.72 Å². The first-order valence-electron chi connectivity index (χ1n) is 5.12. The van der Waals surface area contributed by atoms with Crippen LogP contribution in [0.4, 0.5) is 13.2 Å². The van der Waals surface area contributed by atoms with Crippen LogP contribution in [-0.2, 0) is 16.2 Å². The standard InChI is InChI=1S/C10H12F3NO4S/c11-10(12,13)7-2-1-3-9(4-7)19(17,18)14-5-8(16)6-15/h1-4,8,14-16H,5-6H2. The number of alkyl halides is 3. The van der Waals surface area contributed by atoms with Gasteiger partial charge >= 0.3 is 6.18 Å². The summed E-state index contributed by atoms with van der Waals surface area (Å²) in [6.45, 7) is -1.15. The normalized spacial score (nSPS) is 14.4. The third kappa shape index (κ3) is 4.46. The zero-order chi connectivity index (χ0) is 14.7. The van der Waals surface area contributed by atoms with Crippen molar-refractivity contribution >= 4 is 10.0 Å². The van der Waals surface area contributed by atoms with Crippen molar-refractivity contribution < 1.29 is 31.8 Å². The van der Waals surface area contributed by atoms with Gasteiger partial charge in [0.1, 0.15) is 0 Å². The number of rotatable bonds is 5. The second kappa shape index (κ2) is 5.87. The molecule has 1 rings (SSSR count). The SMILES string of the molecule is O=S(=O)(NCC(O)CO)c1cccc(C(F)(F)F)c1. The number of aliphatic hydroxyl groups excluding tert-OH is 2. The third-order valence-electron chi connectivity index (χ3n) is 2.19. The average Bonchev–Trinajstić information content (AvgIpc) is 2.35. The first kappa shape index (κ1) is 15.9. The van der Waals surface area contributed by atoms with E-state index in [-0.39, 0.29) is 0 Å². The van der Waals surface area contributed by atoms with Crippen LogP contribution in [0.15, 0.2) is 29.2 Å². The predicted molar refractivity (Wildman–Crippen MR) is 59.7 cm³/mol. The van der Waals surface area contributed by atoms with Gasteiger partial charge in [0.2, 0.25) is 10.0 Å². The van der Waals surface area contributed by atoms with Gasteiger partial charge in [-0.25, -0.2) is 13.1 Å². The van der Waals surface area contributed by atoms with Crippen LogP contribution in [0.3, 0.4) is 0 Å². The lowest BCUT2D eigenvalue weighted by Crippen LogP contribution is -2.34. The summed E-state index contributed by atoms with van der Waals surface area (Å²) < 4.78 is 62.5. The highest BCUT2D eigenvalue weighted by Gasteiger charge is 2.31. The number of halogens is 3. The number of hydrogen-bond acceptors (Lipinski definition) is 4. The van der Waals surface area contributed by atoms with E-state index in [9.17, 15) is 21.6 Å². The van der Waals surface area contributed by atoms with Gasteiger partial charge in [0.05, 0.1) is 23.2 Å². The maximum atomic E-state index is 12.4. The molecule has 19 heavy (non-hydrogen) atoms. The van der Waals surface area contributed by atoms with Gasteiger partial charge in [0, 0.05) is 6.54 Å². The van der Waals surface area contributed by atoms with E-state index in [0.717, 1.165) is 18.2 Å². The van der Waals surface area contributed by atoms with Crippen molar-refractivity contribution in [3.8, 4) is 0 Å². The Labute approximate surface area is 107 Å². The van der Waals surface area contributed by atoms with E-state index in [2.05, 4.69) is 0 Å². The van der Waals surface area contributed by atoms with Crippen molar-refractivity contribution in [3.05, 3.63) is 29.8 Å².